The van der Waals surface area contributed by atoms with E-state index in [1.54, 1.807) is 21.7 Å². The van der Waals surface area contributed by atoms with Gasteiger partial charge in [0.05, 0.1) is 35.0 Å². The van der Waals surface area contributed by atoms with E-state index in [4.69, 9.17) is 0 Å². The van der Waals surface area contributed by atoms with E-state index in [0.29, 0.717) is 0 Å². The molecule has 2 aromatic rings. The minimum Gasteiger partial charge on any atom is -0.368 e. The van der Waals surface area contributed by atoms with Crippen LogP contribution >= 0.6 is 0 Å². The fourth-order valence-corrected chi connectivity index (χ4v) is 3.73. The van der Waals surface area contributed by atoms with Crippen molar-refractivity contribution in [1.29, 1.82) is 0 Å². The molecule has 2 aromatic heterocycles. The molecule has 5 heterocycles. The van der Waals surface area contributed by atoms with Crippen molar-refractivity contribution < 1.29 is 4.79 Å². The number of hydrogen-bond donors (Lipinski definition) is 1. The van der Waals surface area contributed by atoms with E-state index in [0.717, 1.165) is 60.1 Å². The molecule has 3 aliphatic heterocycles. The van der Waals surface area contributed by atoms with Gasteiger partial charge in [0.25, 0.3) is 5.91 Å². The van der Waals surface area contributed by atoms with Gasteiger partial charge < -0.3 is 10.2 Å². The molecule has 1 N–H and O–H groups in total. The second kappa shape index (κ2) is 7.18. The first-order valence-electron chi connectivity index (χ1n) is 9.79. The Morgan fingerprint density at radius 1 is 1.10 bits per heavy atom. The quantitative estimate of drug-likeness (QED) is 0.856. The van der Waals surface area contributed by atoms with Gasteiger partial charge >= 0.3 is 0 Å². The van der Waals surface area contributed by atoms with Crippen LogP contribution < -0.4 is 5.32 Å². The summed E-state index contributed by atoms with van der Waals surface area (Å²) in [6, 6.07) is 1.94. The molecule has 3 aliphatic rings. The average molecular weight is 386 g/mol. The summed E-state index contributed by atoms with van der Waals surface area (Å²) in [4.78, 5) is 21.4. The van der Waals surface area contributed by atoms with Crippen molar-refractivity contribution in [1.82, 2.24) is 29.7 Å². The SMILES string of the molecule is Cc1cn2nc(C3=CC(=O)N4C=C(N5CCNCC5)C=C/C4=C\C=C3)cc2cn1. The Labute approximate surface area is 169 Å². The summed E-state index contributed by atoms with van der Waals surface area (Å²) in [7, 11) is 0. The van der Waals surface area contributed by atoms with Gasteiger partial charge in [-0.3, -0.25) is 14.7 Å². The lowest BCUT2D eigenvalue weighted by Crippen LogP contribution is -2.43. The van der Waals surface area contributed by atoms with Gasteiger partial charge in [0.1, 0.15) is 0 Å². The molecule has 1 saturated heterocycles. The van der Waals surface area contributed by atoms with E-state index in [2.05, 4.69) is 26.4 Å². The molecule has 146 valence electrons. The Balaban J connectivity index is 1.49. The van der Waals surface area contributed by atoms with Crippen LogP contribution in [-0.2, 0) is 4.79 Å². The molecule has 0 bridgehead atoms. The summed E-state index contributed by atoms with van der Waals surface area (Å²) in [6.45, 7) is 5.71. The van der Waals surface area contributed by atoms with E-state index < -0.39 is 0 Å². The third-order valence-electron chi connectivity index (χ3n) is 5.28. The van der Waals surface area contributed by atoms with E-state index >= 15 is 0 Å². The number of carbonyl (C=O) groups excluding carboxylic acids is 1. The van der Waals surface area contributed by atoms with Crippen molar-refractivity contribution in [2.45, 2.75) is 6.92 Å². The minimum atomic E-state index is -0.0843. The molecular formula is C22H22N6O. The van der Waals surface area contributed by atoms with Crippen LogP contribution in [0.15, 0.2) is 72.5 Å². The number of nitrogens with zero attached hydrogens (tertiary/aromatic N) is 5. The zero-order valence-electron chi connectivity index (χ0n) is 16.2. The largest absolute Gasteiger partial charge is 0.368 e. The lowest BCUT2D eigenvalue weighted by Gasteiger charge is -2.33. The van der Waals surface area contributed by atoms with Crippen molar-refractivity contribution in [3.63, 3.8) is 0 Å². The molecule has 0 spiro atoms. The summed E-state index contributed by atoms with van der Waals surface area (Å²) in [6.07, 6.45) is 17.2. The summed E-state index contributed by atoms with van der Waals surface area (Å²) < 4.78 is 1.79. The standard InChI is InChI=1S/C22H22N6O/c1-16-14-28-20(13-24-16)12-21(25-28)17-3-2-4-18-5-6-19(15-27(18)22(29)11-17)26-9-7-23-8-10-26/h2-6,11-15,23H,7-10H2,1H3/b3-2?,17-11?,18-4+. The van der Waals surface area contributed by atoms with Gasteiger partial charge in [-0.15, -0.1) is 0 Å². The Bertz CT molecular complexity index is 1130. The first-order chi connectivity index (χ1) is 14.2. The van der Waals surface area contributed by atoms with E-state index in [9.17, 15) is 4.79 Å². The molecule has 0 unspecified atom stereocenters. The van der Waals surface area contributed by atoms with Crippen LogP contribution in [0.3, 0.4) is 0 Å². The average Bonchev–Trinajstić information content (AvgIpc) is 3.15. The van der Waals surface area contributed by atoms with Gasteiger partial charge in [0.15, 0.2) is 0 Å². The van der Waals surface area contributed by atoms with E-state index in [1.807, 2.05) is 49.7 Å². The fourth-order valence-electron chi connectivity index (χ4n) is 3.73. The molecule has 0 saturated carbocycles. The smallest absolute Gasteiger partial charge is 0.255 e. The first-order valence-corrected chi connectivity index (χ1v) is 9.79. The number of amides is 1. The molecule has 0 atom stereocenters. The molecular weight excluding hydrogens is 364 g/mol. The number of aromatic nitrogens is 3. The summed E-state index contributed by atoms with van der Waals surface area (Å²) in [5.41, 5.74) is 5.23. The second-order valence-electron chi connectivity index (χ2n) is 7.31. The highest BCUT2D eigenvalue weighted by molar-refractivity contribution is 5.99. The highest BCUT2D eigenvalue weighted by Crippen LogP contribution is 2.25. The number of rotatable bonds is 2. The predicted octanol–water partition coefficient (Wildman–Crippen LogP) is 2.02. The lowest BCUT2D eigenvalue weighted by atomic mass is 10.1. The maximum absolute atomic E-state index is 13.1. The third-order valence-corrected chi connectivity index (χ3v) is 5.28. The van der Waals surface area contributed by atoms with Crippen LogP contribution in [0.1, 0.15) is 11.4 Å². The van der Waals surface area contributed by atoms with Crippen LogP contribution in [0.5, 0.6) is 0 Å². The fraction of sp³-hybridized carbons (Fsp3) is 0.227. The first kappa shape index (κ1) is 17.6. The maximum atomic E-state index is 13.1. The zero-order valence-corrected chi connectivity index (χ0v) is 16.2. The van der Waals surface area contributed by atoms with E-state index in [1.165, 1.54) is 0 Å². The summed E-state index contributed by atoms with van der Waals surface area (Å²) in [5, 5.41) is 7.98. The zero-order chi connectivity index (χ0) is 19.8. The minimum absolute atomic E-state index is 0.0843. The maximum Gasteiger partial charge on any atom is 0.255 e. The molecule has 7 heteroatoms. The van der Waals surface area contributed by atoms with Gasteiger partial charge in [-0.1, -0.05) is 12.2 Å². The number of hydrogen-bond acceptors (Lipinski definition) is 5. The molecule has 1 amide bonds. The van der Waals surface area contributed by atoms with Crippen molar-refractivity contribution in [2.75, 3.05) is 26.2 Å². The van der Waals surface area contributed by atoms with Crippen LogP contribution in [-0.4, -0.2) is 56.5 Å². The lowest BCUT2D eigenvalue weighted by molar-refractivity contribution is -0.122. The Hall–Kier alpha value is -3.45. The third kappa shape index (κ3) is 3.40. The van der Waals surface area contributed by atoms with Crippen LogP contribution in [0.2, 0.25) is 0 Å². The van der Waals surface area contributed by atoms with Crippen molar-refractivity contribution in [3.8, 4) is 0 Å². The molecule has 1 fully saturated rings. The normalized spacial score (nSPS) is 21.3. The Morgan fingerprint density at radius 3 is 2.79 bits per heavy atom. The number of aryl methyl sites for hydroxylation is 1. The van der Waals surface area contributed by atoms with E-state index in [-0.39, 0.29) is 5.91 Å². The second-order valence-corrected chi connectivity index (χ2v) is 7.31. The number of fused-ring (bicyclic) bond motifs is 2. The monoisotopic (exact) mass is 386 g/mol. The summed E-state index contributed by atoms with van der Waals surface area (Å²) in [5.74, 6) is -0.0843. The highest BCUT2D eigenvalue weighted by Gasteiger charge is 2.22. The van der Waals surface area contributed by atoms with Crippen LogP contribution in [0.4, 0.5) is 0 Å². The Kier molecular flexibility index (Phi) is 4.37. The van der Waals surface area contributed by atoms with Crippen LogP contribution in [0.25, 0.3) is 11.1 Å². The highest BCUT2D eigenvalue weighted by atomic mass is 16.2. The number of piperazine rings is 1. The number of allylic oxidation sites excluding steroid dienone is 6. The van der Waals surface area contributed by atoms with Gasteiger partial charge in [0, 0.05) is 49.7 Å². The molecule has 0 aliphatic carbocycles. The molecule has 29 heavy (non-hydrogen) atoms. The topological polar surface area (TPSA) is 65.8 Å². The summed E-state index contributed by atoms with van der Waals surface area (Å²) >= 11 is 0. The van der Waals surface area contributed by atoms with Gasteiger partial charge in [-0.2, -0.15) is 5.10 Å². The van der Waals surface area contributed by atoms with Crippen molar-refractivity contribution >= 4 is 17.0 Å². The van der Waals surface area contributed by atoms with Gasteiger partial charge in [0.2, 0.25) is 0 Å². The van der Waals surface area contributed by atoms with Gasteiger partial charge in [-0.05, 0) is 31.2 Å². The van der Waals surface area contributed by atoms with Crippen molar-refractivity contribution in [3.05, 3.63) is 83.9 Å². The Morgan fingerprint density at radius 2 is 1.93 bits per heavy atom. The molecule has 7 nitrogen and oxygen atoms in total. The number of carbonyl (C=O) groups is 1. The predicted molar refractivity (Wildman–Crippen MR) is 111 cm³/mol. The van der Waals surface area contributed by atoms with Crippen molar-refractivity contribution in [2.24, 2.45) is 0 Å². The molecule has 0 radical (unpaired) electrons. The molecule has 0 aromatic carbocycles. The number of nitrogens with one attached hydrogen (secondary N) is 1. The van der Waals surface area contributed by atoms with Crippen LogP contribution in [0, 0.1) is 6.92 Å². The van der Waals surface area contributed by atoms with Gasteiger partial charge in [-0.25, -0.2) is 4.52 Å². The molecule has 5 rings (SSSR count).